The molecule has 0 N–H and O–H groups in total. The zero-order chi connectivity index (χ0) is 6.91. The number of hydrogen-bond acceptors (Lipinski definition) is 0. The van der Waals surface area contributed by atoms with Crippen LogP contribution in [0.5, 0.6) is 0 Å². The summed E-state index contributed by atoms with van der Waals surface area (Å²) in [6, 6.07) is 8.69. The Labute approximate surface area is 74.5 Å². The maximum Gasteiger partial charge on any atom is 0.0504 e. The van der Waals surface area contributed by atoms with E-state index in [1.54, 1.807) is 5.19 Å². The van der Waals surface area contributed by atoms with Crippen LogP contribution in [0.2, 0.25) is 19.6 Å². The van der Waals surface area contributed by atoms with Crippen molar-refractivity contribution in [3.8, 4) is 0 Å². The molecule has 0 saturated carbocycles. The summed E-state index contributed by atoms with van der Waals surface area (Å²) in [7, 11) is -0.981. The standard InChI is InChI=1S/C8H13Si.Fe/c1-9(2,3)8-6-4-5-7-8;/h4-7H,1-3H3;/q-1;. The van der Waals surface area contributed by atoms with E-state index in [1.165, 1.54) is 0 Å². The van der Waals surface area contributed by atoms with Crippen LogP contribution in [0.4, 0.5) is 0 Å². The van der Waals surface area contributed by atoms with Gasteiger partial charge in [0.15, 0.2) is 0 Å². The molecule has 0 fully saturated rings. The molecule has 0 bridgehead atoms. The van der Waals surface area contributed by atoms with Crippen LogP contribution >= 0.6 is 0 Å². The zero-order valence-corrected chi connectivity index (χ0v) is 8.77. The molecule has 0 atom stereocenters. The first-order chi connectivity index (χ1) is 4.11. The maximum absolute atomic E-state index is 2.36. The van der Waals surface area contributed by atoms with E-state index in [9.17, 15) is 0 Å². The molecule has 0 heterocycles. The van der Waals surface area contributed by atoms with Gasteiger partial charge in [0.25, 0.3) is 0 Å². The summed E-state index contributed by atoms with van der Waals surface area (Å²) >= 11 is 0. The SMILES string of the molecule is C[Si](C)(C)c1ccc[cH-]1.[Fe]. The summed E-state index contributed by atoms with van der Waals surface area (Å²) < 4.78 is 0. The van der Waals surface area contributed by atoms with Crippen LogP contribution in [0.1, 0.15) is 0 Å². The van der Waals surface area contributed by atoms with E-state index in [0.29, 0.717) is 0 Å². The molecule has 10 heavy (non-hydrogen) atoms. The van der Waals surface area contributed by atoms with Crippen LogP contribution in [-0.4, -0.2) is 8.07 Å². The van der Waals surface area contributed by atoms with E-state index in [-0.39, 0.29) is 17.1 Å². The van der Waals surface area contributed by atoms with Crippen LogP contribution < -0.4 is 5.19 Å². The van der Waals surface area contributed by atoms with Crippen molar-refractivity contribution in [2.24, 2.45) is 0 Å². The van der Waals surface area contributed by atoms with Crippen LogP contribution in [-0.2, 0) is 17.1 Å². The van der Waals surface area contributed by atoms with Gasteiger partial charge in [-0.05, 0) is 0 Å². The van der Waals surface area contributed by atoms with Crippen molar-refractivity contribution in [3.05, 3.63) is 24.3 Å². The minimum absolute atomic E-state index is 0. The third kappa shape index (κ3) is 2.37. The van der Waals surface area contributed by atoms with Gasteiger partial charge in [-0.25, -0.2) is 12.1 Å². The van der Waals surface area contributed by atoms with Gasteiger partial charge in [-0.1, -0.05) is 19.6 Å². The molecule has 1 aromatic carbocycles. The smallest absolute Gasteiger partial charge is 0.0504 e. The van der Waals surface area contributed by atoms with Gasteiger partial charge in [-0.2, -0.15) is 17.3 Å². The minimum Gasteiger partial charge on any atom is -0.214 e. The summed E-state index contributed by atoms with van der Waals surface area (Å²) in [4.78, 5) is 0. The maximum atomic E-state index is 2.36. The third-order valence-corrected chi connectivity index (χ3v) is 3.59. The molecule has 0 aliphatic carbocycles. The molecule has 0 nitrogen and oxygen atoms in total. The fourth-order valence-electron chi connectivity index (χ4n) is 0.874. The Balaban J connectivity index is 0.000000810. The van der Waals surface area contributed by atoms with Gasteiger partial charge in [0.2, 0.25) is 0 Å². The van der Waals surface area contributed by atoms with Gasteiger partial charge < -0.3 is 0 Å². The quantitative estimate of drug-likeness (QED) is 0.472. The molecule has 1 aromatic rings. The van der Waals surface area contributed by atoms with Crippen molar-refractivity contribution in [1.82, 2.24) is 0 Å². The summed E-state index contributed by atoms with van der Waals surface area (Å²) in [5.74, 6) is 0. The summed E-state index contributed by atoms with van der Waals surface area (Å²) in [5, 5.41) is 1.56. The molecule has 58 valence electrons. The van der Waals surface area contributed by atoms with Crippen molar-refractivity contribution >= 4 is 13.3 Å². The van der Waals surface area contributed by atoms with Gasteiger partial charge in [0.05, 0.1) is 8.07 Å². The first-order valence-corrected chi connectivity index (χ1v) is 6.83. The average Bonchev–Trinajstić information content (AvgIpc) is 2.08. The van der Waals surface area contributed by atoms with Crippen LogP contribution in [0.25, 0.3) is 0 Å². The Morgan fingerprint density at radius 3 is 2.10 bits per heavy atom. The number of hydrogen-bond donors (Lipinski definition) is 0. The fraction of sp³-hybridized carbons (Fsp3) is 0.375. The molecular weight excluding hydrogens is 180 g/mol. The van der Waals surface area contributed by atoms with E-state index < -0.39 is 8.07 Å². The molecule has 0 unspecified atom stereocenters. The van der Waals surface area contributed by atoms with Crippen molar-refractivity contribution in [3.63, 3.8) is 0 Å². The van der Waals surface area contributed by atoms with Gasteiger partial charge in [-0.15, -0.1) is 0 Å². The van der Waals surface area contributed by atoms with E-state index in [1.807, 2.05) is 0 Å². The second kappa shape index (κ2) is 3.47. The normalized spacial score (nSPS) is 10.7. The molecule has 2 heteroatoms. The van der Waals surface area contributed by atoms with E-state index in [4.69, 9.17) is 0 Å². The average molecular weight is 193 g/mol. The minimum atomic E-state index is -0.981. The van der Waals surface area contributed by atoms with Crippen molar-refractivity contribution < 1.29 is 17.1 Å². The molecule has 0 amide bonds. The molecule has 0 spiro atoms. The van der Waals surface area contributed by atoms with Gasteiger partial charge in [0.1, 0.15) is 0 Å². The second-order valence-corrected chi connectivity index (χ2v) is 8.50. The van der Waals surface area contributed by atoms with Crippen LogP contribution in [0, 0.1) is 0 Å². The summed E-state index contributed by atoms with van der Waals surface area (Å²) in [6.07, 6.45) is 0. The number of rotatable bonds is 1. The van der Waals surface area contributed by atoms with Crippen LogP contribution in [0.3, 0.4) is 0 Å². The van der Waals surface area contributed by atoms with Crippen molar-refractivity contribution in [2.45, 2.75) is 19.6 Å². The molecule has 0 radical (unpaired) electrons. The molecule has 0 saturated heterocycles. The first-order valence-electron chi connectivity index (χ1n) is 3.33. The van der Waals surface area contributed by atoms with Gasteiger partial charge in [0, 0.05) is 17.1 Å². The molecule has 0 aliphatic rings. The largest absolute Gasteiger partial charge is 0.214 e. The van der Waals surface area contributed by atoms with Gasteiger partial charge in [-0.3, -0.25) is 0 Å². The summed E-state index contributed by atoms with van der Waals surface area (Å²) in [6.45, 7) is 7.09. The van der Waals surface area contributed by atoms with E-state index in [2.05, 4.69) is 43.9 Å². The molecule has 0 aliphatic heterocycles. The first kappa shape index (κ1) is 10.1. The fourth-order valence-corrected chi connectivity index (χ4v) is 2.07. The third-order valence-electron chi connectivity index (χ3n) is 1.53. The van der Waals surface area contributed by atoms with Crippen molar-refractivity contribution in [2.75, 3.05) is 0 Å². The molecule has 1 rings (SSSR count). The van der Waals surface area contributed by atoms with E-state index >= 15 is 0 Å². The predicted molar refractivity (Wildman–Crippen MR) is 45.0 cm³/mol. The molecule has 0 aromatic heterocycles. The van der Waals surface area contributed by atoms with E-state index in [0.717, 1.165) is 0 Å². The van der Waals surface area contributed by atoms with Gasteiger partial charge >= 0.3 is 0 Å². The Bertz CT molecular complexity index is 172. The Morgan fingerprint density at radius 1 is 1.30 bits per heavy atom. The van der Waals surface area contributed by atoms with Crippen molar-refractivity contribution in [1.29, 1.82) is 0 Å². The van der Waals surface area contributed by atoms with Crippen LogP contribution in [0.15, 0.2) is 24.3 Å². The Hall–Kier alpha value is 0.0864. The zero-order valence-electron chi connectivity index (χ0n) is 6.66. The molecular formula is C8H13FeSi-. The predicted octanol–water partition coefficient (Wildman–Crippen LogP) is 1.95. The topological polar surface area (TPSA) is 0 Å². The Morgan fingerprint density at radius 2 is 1.90 bits per heavy atom. The second-order valence-electron chi connectivity index (χ2n) is 3.42. The Kier molecular flexibility index (Phi) is 3.50. The monoisotopic (exact) mass is 193 g/mol. The summed E-state index contributed by atoms with van der Waals surface area (Å²) in [5.41, 5.74) is 0.